The fourth-order valence-corrected chi connectivity index (χ4v) is 5.23. The normalized spacial score (nSPS) is 23.4. The molecule has 8 heteroatoms. The van der Waals surface area contributed by atoms with Crippen molar-refractivity contribution in [2.24, 2.45) is 0 Å². The van der Waals surface area contributed by atoms with Gasteiger partial charge in [0, 0.05) is 24.6 Å². The van der Waals surface area contributed by atoms with Crippen molar-refractivity contribution in [3.05, 3.63) is 51.6 Å². The third-order valence-corrected chi connectivity index (χ3v) is 7.28. The largest absolute Gasteiger partial charge is 0.482 e. The molecule has 0 bridgehead atoms. The number of rotatable bonds is 9. The number of carbonyl (C=O) groups is 2. The summed E-state index contributed by atoms with van der Waals surface area (Å²) in [7, 11) is 0. The number of hydrogen-bond acceptors (Lipinski definition) is 5. The van der Waals surface area contributed by atoms with Gasteiger partial charge in [-0.1, -0.05) is 44.4 Å². The van der Waals surface area contributed by atoms with Crippen molar-refractivity contribution in [2.45, 2.75) is 76.2 Å². The topological polar surface area (TPSA) is 99.1 Å². The summed E-state index contributed by atoms with van der Waals surface area (Å²) >= 11 is 2.17. The first-order chi connectivity index (χ1) is 16.5. The molecule has 186 valence electrons. The maximum atomic E-state index is 13.3. The molecular weight excluding hydrogens is 547 g/mol. The summed E-state index contributed by atoms with van der Waals surface area (Å²) in [6.07, 6.45) is 9.24. The number of allylic oxidation sites excluding steroid dienone is 1. The number of nitrogens with zero attached hydrogens (tertiary/aromatic N) is 1. The van der Waals surface area contributed by atoms with Gasteiger partial charge in [0.2, 0.25) is 11.8 Å². The molecule has 7 nitrogen and oxygen atoms in total. The number of nitrogens with one attached hydrogen (secondary N) is 1. The summed E-state index contributed by atoms with van der Waals surface area (Å²) in [6.45, 7) is 1.94. The molecule has 0 aromatic heterocycles. The van der Waals surface area contributed by atoms with Crippen LogP contribution in [0.5, 0.6) is 5.75 Å². The van der Waals surface area contributed by atoms with Crippen LogP contribution in [0.4, 0.5) is 0 Å². The van der Waals surface area contributed by atoms with Crippen molar-refractivity contribution in [1.29, 1.82) is 0 Å². The molecule has 3 unspecified atom stereocenters. The summed E-state index contributed by atoms with van der Waals surface area (Å²) in [5.41, 5.74) is 0.452. The first-order valence-electron chi connectivity index (χ1n) is 12.1. The highest BCUT2D eigenvalue weighted by Crippen LogP contribution is 2.33. The molecule has 1 saturated carbocycles. The number of para-hydroxylation sites is 1. The number of aliphatic hydroxyl groups is 2. The Kier molecular flexibility index (Phi) is 10.4. The molecule has 2 aliphatic carbocycles. The lowest BCUT2D eigenvalue weighted by molar-refractivity contribution is -0.138. The Hall–Kier alpha value is -1.91. The summed E-state index contributed by atoms with van der Waals surface area (Å²) in [5, 5.41) is 23.3. The number of ether oxygens (including phenoxy) is 1. The molecular formula is C26H35IN2O5. The molecule has 2 amide bonds. The molecule has 3 atom stereocenters. The van der Waals surface area contributed by atoms with Crippen molar-refractivity contribution in [3.8, 4) is 5.75 Å². The first-order valence-corrected chi connectivity index (χ1v) is 13.2. The van der Waals surface area contributed by atoms with Gasteiger partial charge in [-0.25, -0.2) is 0 Å². The monoisotopic (exact) mass is 582 g/mol. The Labute approximate surface area is 215 Å². The van der Waals surface area contributed by atoms with Crippen LogP contribution >= 0.6 is 22.6 Å². The van der Waals surface area contributed by atoms with Gasteiger partial charge < -0.3 is 25.2 Å². The highest BCUT2D eigenvalue weighted by Gasteiger charge is 2.42. The van der Waals surface area contributed by atoms with E-state index in [9.17, 15) is 14.7 Å². The van der Waals surface area contributed by atoms with E-state index in [1.54, 1.807) is 17.1 Å². The Bertz CT molecular complexity index is 897. The van der Waals surface area contributed by atoms with E-state index in [-0.39, 0.29) is 37.4 Å². The minimum absolute atomic E-state index is 0.0137. The minimum Gasteiger partial charge on any atom is -0.482 e. The van der Waals surface area contributed by atoms with Gasteiger partial charge in [-0.2, -0.15) is 0 Å². The molecule has 0 heterocycles. The summed E-state index contributed by atoms with van der Waals surface area (Å²) in [6, 6.07) is 6.92. The summed E-state index contributed by atoms with van der Waals surface area (Å²) < 4.78 is 7.08. The van der Waals surface area contributed by atoms with Crippen molar-refractivity contribution < 1.29 is 24.5 Å². The predicted molar refractivity (Wildman–Crippen MR) is 139 cm³/mol. The molecule has 2 aliphatic rings. The van der Waals surface area contributed by atoms with Gasteiger partial charge in [-0.05, 0) is 66.1 Å². The lowest BCUT2D eigenvalue weighted by Gasteiger charge is -2.44. The molecule has 3 N–H and O–H groups in total. The maximum Gasteiger partial charge on any atom is 0.247 e. The second-order valence-electron chi connectivity index (χ2n) is 8.79. The second-order valence-corrected chi connectivity index (χ2v) is 9.96. The van der Waals surface area contributed by atoms with Crippen LogP contribution in [0.1, 0.15) is 51.9 Å². The average Bonchev–Trinajstić information content (AvgIpc) is 2.85. The van der Waals surface area contributed by atoms with Crippen LogP contribution in [0.25, 0.3) is 0 Å². The highest BCUT2D eigenvalue weighted by atomic mass is 127. The van der Waals surface area contributed by atoms with Crippen molar-refractivity contribution in [3.63, 3.8) is 0 Å². The average molecular weight is 582 g/mol. The molecule has 1 aromatic carbocycles. The Morgan fingerprint density at radius 2 is 1.97 bits per heavy atom. The van der Waals surface area contributed by atoms with Gasteiger partial charge in [0.25, 0.3) is 0 Å². The standard InChI is InChI=1S/C26H35IN2O5/c1-2-3-13-24(31)29(19-9-5-4-6-10-19)21-16-18(26(33)28-14-15-30)17-23(25(21)32)34-22-12-8-7-11-20(22)27/h3,7-8,11-13,17,19,21,23,25,30,32H,2,4-6,9-10,14-16H2,1H3,(H,28,33). The predicted octanol–water partition coefficient (Wildman–Crippen LogP) is 3.33. The van der Waals surface area contributed by atoms with E-state index >= 15 is 0 Å². The van der Waals surface area contributed by atoms with Crippen LogP contribution in [0.2, 0.25) is 0 Å². The number of carbonyl (C=O) groups excluding carboxylic acids is 2. The van der Waals surface area contributed by atoms with Gasteiger partial charge >= 0.3 is 0 Å². The van der Waals surface area contributed by atoms with E-state index in [4.69, 9.17) is 9.84 Å². The van der Waals surface area contributed by atoms with Crippen LogP contribution < -0.4 is 10.1 Å². The van der Waals surface area contributed by atoms with Gasteiger partial charge in [0.05, 0.1) is 16.2 Å². The van der Waals surface area contributed by atoms with Crippen molar-refractivity contribution in [2.75, 3.05) is 13.2 Å². The fourth-order valence-electron chi connectivity index (χ4n) is 4.71. The molecule has 0 spiro atoms. The Morgan fingerprint density at radius 3 is 2.65 bits per heavy atom. The lowest BCUT2D eigenvalue weighted by atomic mass is 9.85. The number of hydrogen-bond donors (Lipinski definition) is 3. The maximum absolute atomic E-state index is 13.3. The lowest BCUT2D eigenvalue weighted by Crippen LogP contribution is -2.58. The fraction of sp³-hybridized carbons (Fsp3) is 0.538. The Balaban J connectivity index is 1.96. The van der Waals surface area contributed by atoms with E-state index in [2.05, 4.69) is 27.9 Å². The van der Waals surface area contributed by atoms with E-state index in [1.165, 1.54) is 0 Å². The van der Waals surface area contributed by atoms with Crippen molar-refractivity contribution >= 4 is 34.4 Å². The SMILES string of the molecule is CCC=CC(=O)N(C1CCCCC1)C1CC(C(=O)NCCO)=CC(Oc2ccccc2I)C1O. The third kappa shape index (κ3) is 6.82. The first kappa shape index (κ1) is 26.7. The molecule has 3 rings (SSSR count). The van der Waals surface area contributed by atoms with Gasteiger partial charge in [0.15, 0.2) is 0 Å². The molecule has 0 aliphatic heterocycles. The molecule has 0 saturated heterocycles. The minimum atomic E-state index is -0.994. The van der Waals surface area contributed by atoms with Crippen LogP contribution in [0, 0.1) is 3.57 Å². The van der Waals surface area contributed by atoms with E-state index in [1.807, 2.05) is 37.3 Å². The Morgan fingerprint density at radius 1 is 1.24 bits per heavy atom. The molecule has 0 radical (unpaired) electrons. The zero-order chi connectivity index (χ0) is 24.5. The van der Waals surface area contributed by atoms with E-state index in [0.717, 1.165) is 42.1 Å². The third-order valence-electron chi connectivity index (χ3n) is 6.39. The number of amides is 2. The second kappa shape index (κ2) is 13.3. The summed E-state index contributed by atoms with van der Waals surface area (Å²) in [4.78, 5) is 28.0. The van der Waals surface area contributed by atoms with E-state index in [0.29, 0.717) is 11.3 Å². The van der Waals surface area contributed by atoms with Crippen LogP contribution in [0.3, 0.4) is 0 Å². The smallest absolute Gasteiger partial charge is 0.247 e. The van der Waals surface area contributed by atoms with Gasteiger partial charge in [0.1, 0.15) is 18.0 Å². The molecule has 1 aromatic rings. The van der Waals surface area contributed by atoms with Crippen LogP contribution in [0.15, 0.2) is 48.1 Å². The van der Waals surface area contributed by atoms with Crippen molar-refractivity contribution in [1.82, 2.24) is 10.2 Å². The molecule has 34 heavy (non-hydrogen) atoms. The zero-order valence-electron chi connectivity index (χ0n) is 19.7. The van der Waals surface area contributed by atoms with Crippen LogP contribution in [-0.4, -0.2) is 64.4 Å². The number of aliphatic hydroxyl groups excluding tert-OH is 2. The van der Waals surface area contributed by atoms with Gasteiger partial charge in [-0.3, -0.25) is 9.59 Å². The summed E-state index contributed by atoms with van der Waals surface area (Å²) in [5.74, 6) is 0.158. The zero-order valence-corrected chi connectivity index (χ0v) is 21.8. The number of halogens is 1. The van der Waals surface area contributed by atoms with Crippen LogP contribution in [-0.2, 0) is 9.59 Å². The number of benzene rings is 1. The highest BCUT2D eigenvalue weighted by molar-refractivity contribution is 14.1. The molecule has 1 fully saturated rings. The quantitative estimate of drug-likeness (QED) is 0.307. The van der Waals surface area contributed by atoms with E-state index < -0.39 is 18.2 Å². The van der Waals surface area contributed by atoms with Gasteiger partial charge in [-0.15, -0.1) is 0 Å².